The highest BCUT2D eigenvalue weighted by Crippen LogP contribution is 2.35. The van der Waals surface area contributed by atoms with E-state index < -0.39 is 21.8 Å². The summed E-state index contributed by atoms with van der Waals surface area (Å²) in [7, 11) is -4.17. The Morgan fingerprint density at radius 1 is 1.19 bits per heavy atom. The molecule has 3 rings (SSSR count). The number of hydrogen-bond donors (Lipinski definition) is 1. The average molecular weight is 400 g/mol. The van der Waals surface area contributed by atoms with Crippen molar-refractivity contribution in [2.75, 3.05) is 22.8 Å². The van der Waals surface area contributed by atoms with Crippen LogP contribution in [-0.4, -0.2) is 27.5 Å². The fourth-order valence-electron chi connectivity index (χ4n) is 2.66. The predicted octanol–water partition coefficient (Wildman–Crippen LogP) is 3.25. The number of amides is 1. The number of anilines is 2. The van der Waals surface area contributed by atoms with Gasteiger partial charge in [-0.15, -0.1) is 0 Å². The Morgan fingerprint density at radius 3 is 2.59 bits per heavy atom. The summed E-state index contributed by atoms with van der Waals surface area (Å²) in [6.45, 7) is 1.89. The molecule has 1 amide bonds. The van der Waals surface area contributed by atoms with Crippen LogP contribution in [0.3, 0.4) is 0 Å². The van der Waals surface area contributed by atoms with Gasteiger partial charge in [0.2, 0.25) is 5.91 Å². The maximum absolute atomic E-state index is 12.8. The Kier molecular flexibility index (Phi) is 4.77. The number of rotatable bonds is 3. The first-order valence-electron chi connectivity index (χ1n) is 7.83. The van der Waals surface area contributed by atoms with E-state index in [2.05, 4.69) is 4.72 Å². The molecular weight excluding hydrogens is 385 g/mol. The molecule has 1 aliphatic heterocycles. The maximum Gasteiger partial charge on any atom is 0.416 e. The van der Waals surface area contributed by atoms with Gasteiger partial charge in [-0.05, 0) is 36.4 Å². The molecule has 0 unspecified atom stereocenters. The molecule has 1 heterocycles. The number of fused-ring (bicyclic) bond motifs is 1. The van der Waals surface area contributed by atoms with Gasteiger partial charge in [0.05, 0.1) is 22.7 Å². The Morgan fingerprint density at radius 2 is 1.93 bits per heavy atom. The van der Waals surface area contributed by atoms with Gasteiger partial charge in [0, 0.05) is 12.6 Å². The molecule has 0 atom stereocenters. The Hall–Kier alpha value is -2.75. The van der Waals surface area contributed by atoms with E-state index in [-0.39, 0.29) is 29.6 Å². The van der Waals surface area contributed by atoms with E-state index in [4.69, 9.17) is 4.74 Å². The summed E-state index contributed by atoms with van der Waals surface area (Å²) >= 11 is 0. The standard InChI is InChI=1S/C17H15F3N2O4S/c1-11(23)22-7-8-26-16-6-5-14(10-15(16)22)27(24,25)21-13-4-2-3-12(9-13)17(18,19)20/h2-6,9-10,21H,7-8H2,1H3. The van der Waals surface area contributed by atoms with Crippen LogP contribution in [0.5, 0.6) is 5.75 Å². The quantitative estimate of drug-likeness (QED) is 0.858. The Bertz CT molecular complexity index is 990. The second-order valence-corrected chi connectivity index (χ2v) is 7.52. The van der Waals surface area contributed by atoms with Crippen LogP contribution < -0.4 is 14.4 Å². The average Bonchev–Trinajstić information content (AvgIpc) is 2.59. The normalized spacial score (nSPS) is 14.3. The van der Waals surface area contributed by atoms with Crippen LogP contribution in [0.15, 0.2) is 47.4 Å². The number of benzene rings is 2. The molecule has 0 saturated carbocycles. The molecule has 1 aliphatic rings. The van der Waals surface area contributed by atoms with E-state index >= 15 is 0 Å². The fourth-order valence-corrected chi connectivity index (χ4v) is 3.73. The third-order valence-corrected chi connectivity index (χ3v) is 5.31. The molecule has 1 N–H and O–H groups in total. The van der Waals surface area contributed by atoms with Crippen molar-refractivity contribution in [3.8, 4) is 5.75 Å². The number of ether oxygens (including phenoxy) is 1. The molecule has 0 fully saturated rings. The van der Waals surface area contributed by atoms with Gasteiger partial charge in [-0.1, -0.05) is 6.07 Å². The van der Waals surface area contributed by atoms with Gasteiger partial charge in [-0.2, -0.15) is 13.2 Å². The fraction of sp³-hybridized carbons (Fsp3) is 0.235. The van der Waals surface area contributed by atoms with Crippen molar-refractivity contribution in [3.63, 3.8) is 0 Å². The second-order valence-electron chi connectivity index (χ2n) is 5.83. The van der Waals surface area contributed by atoms with Gasteiger partial charge in [-0.25, -0.2) is 8.42 Å². The number of sulfonamides is 1. The van der Waals surface area contributed by atoms with Crippen LogP contribution in [0.4, 0.5) is 24.5 Å². The highest BCUT2D eigenvalue weighted by atomic mass is 32.2. The van der Waals surface area contributed by atoms with E-state index in [9.17, 15) is 26.4 Å². The number of carbonyl (C=O) groups is 1. The summed E-state index contributed by atoms with van der Waals surface area (Å²) in [4.78, 5) is 12.9. The van der Waals surface area contributed by atoms with Crippen molar-refractivity contribution < 1.29 is 31.1 Å². The molecule has 27 heavy (non-hydrogen) atoms. The highest BCUT2D eigenvalue weighted by molar-refractivity contribution is 7.92. The molecule has 0 saturated heterocycles. The van der Waals surface area contributed by atoms with Gasteiger partial charge in [-0.3, -0.25) is 9.52 Å². The summed E-state index contributed by atoms with van der Waals surface area (Å²) in [6.07, 6.45) is -4.59. The molecule has 0 radical (unpaired) electrons. The molecule has 144 valence electrons. The van der Waals surface area contributed by atoms with E-state index in [0.29, 0.717) is 17.5 Å². The molecule has 0 aromatic heterocycles. The van der Waals surface area contributed by atoms with Crippen LogP contribution in [0.2, 0.25) is 0 Å². The lowest BCUT2D eigenvalue weighted by atomic mass is 10.2. The number of hydrogen-bond acceptors (Lipinski definition) is 4. The van der Waals surface area contributed by atoms with Crippen LogP contribution in [0.25, 0.3) is 0 Å². The van der Waals surface area contributed by atoms with Crippen LogP contribution in [0, 0.1) is 0 Å². The second kappa shape index (κ2) is 6.76. The zero-order valence-corrected chi connectivity index (χ0v) is 14.9. The topological polar surface area (TPSA) is 75.7 Å². The van der Waals surface area contributed by atoms with Gasteiger partial charge >= 0.3 is 6.18 Å². The molecule has 2 aromatic rings. The summed E-state index contributed by atoms with van der Waals surface area (Å²) < 4.78 is 71.1. The van der Waals surface area contributed by atoms with E-state index in [0.717, 1.165) is 12.1 Å². The lowest BCUT2D eigenvalue weighted by Gasteiger charge is -2.29. The molecular formula is C17H15F3N2O4S. The zero-order chi connectivity index (χ0) is 19.8. The first kappa shape index (κ1) is 19.0. The summed E-state index contributed by atoms with van der Waals surface area (Å²) in [5, 5.41) is 0. The van der Waals surface area contributed by atoms with Crippen molar-refractivity contribution >= 4 is 27.3 Å². The molecule has 0 bridgehead atoms. The molecule has 6 nitrogen and oxygen atoms in total. The van der Waals surface area contributed by atoms with Gasteiger partial charge in [0.1, 0.15) is 12.4 Å². The lowest BCUT2D eigenvalue weighted by molar-refractivity contribution is -0.137. The number of carbonyl (C=O) groups excluding carboxylic acids is 1. The summed E-state index contributed by atoms with van der Waals surface area (Å²) in [5.41, 5.74) is -0.896. The van der Waals surface area contributed by atoms with Crippen molar-refractivity contribution in [2.45, 2.75) is 18.0 Å². The number of nitrogens with zero attached hydrogens (tertiary/aromatic N) is 1. The SMILES string of the molecule is CC(=O)N1CCOc2ccc(S(=O)(=O)Nc3cccc(C(F)(F)F)c3)cc21. The third kappa shape index (κ3) is 4.00. The van der Waals surface area contributed by atoms with Gasteiger partial charge < -0.3 is 9.64 Å². The minimum absolute atomic E-state index is 0.199. The smallest absolute Gasteiger partial charge is 0.416 e. The molecule has 0 aliphatic carbocycles. The summed E-state index contributed by atoms with van der Waals surface area (Å²) in [5.74, 6) is 0.0782. The van der Waals surface area contributed by atoms with Crippen LogP contribution >= 0.6 is 0 Å². The number of alkyl halides is 3. The summed E-state index contributed by atoms with van der Waals surface area (Å²) in [6, 6.07) is 7.81. The zero-order valence-electron chi connectivity index (χ0n) is 14.1. The Labute approximate surface area is 153 Å². The van der Waals surface area contributed by atoms with Crippen molar-refractivity contribution in [3.05, 3.63) is 48.0 Å². The largest absolute Gasteiger partial charge is 0.490 e. The highest BCUT2D eigenvalue weighted by Gasteiger charge is 2.31. The first-order valence-corrected chi connectivity index (χ1v) is 9.31. The minimum atomic E-state index is -4.59. The number of nitrogens with one attached hydrogen (secondary N) is 1. The molecule has 2 aromatic carbocycles. The molecule has 10 heteroatoms. The minimum Gasteiger partial charge on any atom is -0.490 e. The van der Waals surface area contributed by atoms with Crippen LogP contribution in [0.1, 0.15) is 12.5 Å². The lowest BCUT2D eigenvalue weighted by Crippen LogP contribution is -2.36. The Balaban J connectivity index is 1.94. The maximum atomic E-state index is 12.8. The predicted molar refractivity (Wildman–Crippen MR) is 92.2 cm³/mol. The number of halogens is 3. The van der Waals surface area contributed by atoms with E-state index in [1.807, 2.05) is 0 Å². The van der Waals surface area contributed by atoms with E-state index in [1.54, 1.807) is 0 Å². The molecule has 0 spiro atoms. The van der Waals surface area contributed by atoms with Crippen LogP contribution in [-0.2, 0) is 21.0 Å². The van der Waals surface area contributed by atoms with Gasteiger partial charge in [0.15, 0.2) is 0 Å². The van der Waals surface area contributed by atoms with Crippen molar-refractivity contribution in [1.82, 2.24) is 0 Å². The van der Waals surface area contributed by atoms with Gasteiger partial charge in [0.25, 0.3) is 10.0 Å². The first-order chi connectivity index (χ1) is 12.6. The monoisotopic (exact) mass is 400 g/mol. The van der Waals surface area contributed by atoms with Crippen molar-refractivity contribution in [2.24, 2.45) is 0 Å². The van der Waals surface area contributed by atoms with Crippen molar-refractivity contribution in [1.29, 1.82) is 0 Å². The third-order valence-electron chi connectivity index (χ3n) is 3.93. The van der Waals surface area contributed by atoms with E-state index in [1.165, 1.54) is 36.1 Å².